The minimum atomic E-state index is -3.60. The van der Waals surface area contributed by atoms with E-state index in [9.17, 15) is 8.42 Å². The van der Waals surface area contributed by atoms with Gasteiger partial charge in [-0.15, -0.1) is 0 Å². The number of hydrogen-bond acceptors (Lipinski definition) is 5. The van der Waals surface area contributed by atoms with E-state index in [0.29, 0.717) is 23.8 Å². The lowest BCUT2D eigenvalue weighted by Gasteiger charge is -2.09. The predicted octanol–water partition coefficient (Wildman–Crippen LogP) is 3.49. The Balaban J connectivity index is 1.67. The lowest BCUT2D eigenvalue weighted by atomic mass is 10.2. The standard InChI is InChI=1S/C20H22N2O4S/c1-14-13-17(9-10-19(14)25-3)27(23,24)21-12-11-18-15(2)26-20(22-18)16-7-5-4-6-8-16/h4-10,13,21H,11-12H2,1-3H3. The largest absolute Gasteiger partial charge is 0.496 e. The van der Waals surface area contributed by atoms with Gasteiger partial charge in [-0.25, -0.2) is 18.1 Å². The van der Waals surface area contributed by atoms with Crippen molar-refractivity contribution >= 4 is 10.0 Å². The Labute approximate surface area is 159 Å². The third-order valence-corrected chi connectivity index (χ3v) is 5.70. The molecule has 0 radical (unpaired) electrons. The van der Waals surface area contributed by atoms with E-state index < -0.39 is 10.0 Å². The first-order chi connectivity index (χ1) is 12.9. The Morgan fingerprint density at radius 2 is 1.85 bits per heavy atom. The van der Waals surface area contributed by atoms with Crippen LogP contribution in [0.1, 0.15) is 17.0 Å². The second-order valence-electron chi connectivity index (χ2n) is 6.17. The lowest BCUT2D eigenvalue weighted by molar-refractivity contribution is 0.411. The molecule has 0 unspecified atom stereocenters. The van der Waals surface area contributed by atoms with Crippen molar-refractivity contribution in [3.63, 3.8) is 0 Å². The number of nitrogens with one attached hydrogen (secondary N) is 1. The highest BCUT2D eigenvalue weighted by Gasteiger charge is 2.16. The van der Waals surface area contributed by atoms with Gasteiger partial charge in [0.1, 0.15) is 11.5 Å². The molecule has 0 aliphatic heterocycles. The molecule has 27 heavy (non-hydrogen) atoms. The van der Waals surface area contributed by atoms with Crippen LogP contribution in [-0.4, -0.2) is 27.1 Å². The van der Waals surface area contributed by atoms with Crippen LogP contribution in [0.2, 0.25) is 0 Å². The van der Waals surface area contributed by atoms with Crippen LogP contribution in [-0.2, 0) is 16.4 Å². The highest BCUT2D eigenvalue weighted by Crippen LogP contribution is 2.23. The number of hydrogen-bond donors (Lipinski definition) is 1. The monoisotopic (exact) mass is 386 g/mol. The average Bonchev–Trinajstić information content (AvgIpc) is 3.03. The van der Waals surface area contributed by atoms with Crippen LogP contribution in [0.25, 0.3) is 11.5 Å². The molecule has 3 rings (SSSR count). The zero-order valence-corrected chi connectivity index (χ0v) is 16.3. The zero-order valence-electron chi connectivity index (χ0n) is 15.5. The molecular weight excluding hydrogens is 364 g/mol. The van der Waals surface area contributed by atoms with Gasteiger partial charge < -0.3 is 9.15 Å². The van der Waals surface area contributed by atoms with Crippen molar-refractivity contribution in [2.24, 2.45) is 0 Å². The molecule has 1 N–H and O–H groups in total. The first-order valence-corrected chi connectivity index (χ1v) is 10.0. The van der Waals surface area contributed by atoms with Crippen molar-refractivity contribution in [3.05, 3.63) is 65.5 Å². The van der Waals surface area contributed by atoms with E-state index in [1.54, 1.807) is 19.2 Å². The molecule has 0 saturated carbocycles. The molecule has 142 valence electrons. The van der Waals surface area contributed by atoms with Gasteiger partial charge in [-0.2, -0.15) is 0 Å². The summed E-state index contributed by atoms with van der Waals surface area (Å²) >= 11 is 0. The van der Waals surface area contributed by atoms with Gasteiger partial charge in [0.2, 0.25) is 15.9 Å². The molecule has 0 aliphatic rings. The molecule has 0 bridgehead atoms. The molecule has 3 aromatic rings. The number of sulfonamides is 1. The van der Waals surface area contributed by atoms with Crippen molar-refractivity contribution in [1.82, 2.24) is 9.71 Å². The normalized spacial score (nSPS) is 11.5. The summed E-state index contributed by atoms with van der Waals surface area (Å²) in [6.07, 6.45) is 0.441. The summed E-state index contributed by atoms with van der Waals surface area (Å²) in [6.45, 7) is 3.87. The Bertz CT molecular complexity index is 1030. The molecule has 1 heterocycles. The van der Waals surface area contributed by atoms with Crippen LogP contribution in [0.15, 0.2) is 57.8 Å². The third-order valence-electron chi connectivity index (χ3n) is 4.24. The van der Waals surface area contributed by atoms with Gasteiger partial charge in [0.05, 0.1) is 17.7 Å². The second kappa shape index (κ2) is 7.94. The smallest absolute Gasteiger partial charge is 0.240 e. The zero-order chi connectivity index (χ0) is 19.4. The van der Waals surface area contributed by atoms with Gasteiger partial charge >= 0.3 is 0 Å². The van der Waals surface area contributed by atoms with Crippen molar-refractivity contribution in [2.45, 2.75) is 25.2 Å². The fourth-order valence-corrected chi connectivity index (χ4v) is 3.89. The van der Waals surface area contributed by atoms with Gasteiger partial charge in [0.15, 0.2) is 0 Å². The van der Waals surface area contributed by atoms with Gasteiger partial charge in [-0.05, 0) is 49.7 Å². The molecule has 0 atom stereocenters. The molecule has 7 heteroatoms. The van der Waals surface area contributed by atoms with Crippen LogP contribution in [0.4, 0.5) is 0 Å². The summed E-state index contributed by atoms with van der Waals surface area (Å²) in [7, 11) is -2.05. The number of ether oxygens (including phenoxy) is 1. The average molecular weight is 386 g/mol. The number of nitrogens with zero attached hydrogens (tertiary/aromatic N) is 1. The minimum absolute atomic E-state index is 0.211. The van der Waals surface area contributed by atoms with Crippen molar-refractivity contribution in [1.29, 1.82) is 0 Å². The van der Waals surface area contributed by atoms with E-state index in [1.807, 2.05) is 44.2 Å². The Morgan fingerprint density at radius 1 is 1.11 bits per heavy atom. The molecule has 2 aromatic carbocycles. The SMILES string of the molecule is COc1ccc(S(=O)(=O)NCCc2nc(-c3ccccc3)oc2C)cc1C. The van der Waals surface area contributed by atoms with Gasteiger partial charge in [-0.3, -0.25) is 0 Å². The van der Waals surface area contributed by atoms with Crippen molar-refractivity contribution < 1.29 is 17.6 Å². The van der Waals surface area contributed by atoms with Crippen LogP contribution in [0.3, 0.4) is 0 Å². The molecule has 0 saturated heterocycles. The molecule has 0 amide bonds. The maximum absolute atomic E-state index is 12.5. The summed E-state index contributed by atoms with van der Waals surface area (Å²) in [5.41, 5.74) is 2.39. The molecule has 1 aromatic heterocycles. The summed E-state index contributed by atoms with van der Waals surface area (Å²) in [5, 5.41) is 0. The van der Waals surface area contributed by atoms with Gasteiger partial charge in [-0.1, -0.05) is 18.2 Å². The first kappa shape index (κ1) is 19.1. The Kier molecular flexibility index (Phi) is 5.62. The van der Waals surface area contributed by atoms with Crippen molar-refractivity contribution in [3.8, 4) is 17.2 Å². The fraction of sp³-hybridized carbons (Fsp3) is 0.250. The number of aryl methyl sites for hydroxylation is 2. The van der Waals surface area contributed by atoms with Crippen LogP contribution >= 0.6 is 0 Å². The summed E-state index contributed by atoms with van der Waals surface area (Å²) < 4.78 is 38.5. The van der Waals surface area contributed by atoms with Gasteiger partial charge in [0.25, 0.3) is 0 Å². The molecule has 0 fully saturated rings. The Hall–Kier alpha value is -2.64. The predicted molar refractivity (Wildman–Crippen MR) is 103 cm³/mol. The van der Waals surface area contributed by atoms with E-state index in [-0.39, 0.29) is 11.4 Å². The quantitative estimate of drug-likeness (QED) is 0.672. The van der Waals surface area contributed by atoms with E-state index in [1.165, 1.54) is 6.07 Å². The number of rotatable bonds is 7. The molecular formula is C20H22N2O4S. The number of methoxy groups -OCH3 is 1. The summed E-state index contributed by atoms with van der Waals surface area (Å²) in [5.74, 6) is 1.88. The highest BCUT2D eigenvalue weighted by atomic mass is 32.2. The Morgan fingerprint density at radius 3 is 2.52 bits per heavy atom. The first-order valence-electron chi connectivity index (χ1n) is 8.57. The maximum Gasteiger partial charge on any atom is 0.240 e. The molecule has 0 aliphatic carbocycles. The van der Waals surface area contributed by atoms with Crippen LogP contribution in [0.5, 0.6) is 5.75 Å². The summed E-state index contributed by atoms with van der Waals surface area (Å²) in [6, 6.07) is 14.4. The van der Waals surface area contributed by atoms with Crippen LogP contribution in [0, 0.1) is 13.8 Å². The highest BCUT2D eigenvalue weighted by molar-refractivity contribution is 7.89. The van der Waals surface area contributed by atoms with E-state index in [2.05, 4.69) is 9.71 Å². The van der Waals surface area contributed by atoms with E-state index in [4.69, 9.17) is 9.15 Å². The lowest BCUT2D eigenvalue weighted by Crippen LogP contribution is -2.26. The molecule has 0 spiro atoms. The van der Waals surface area contributed by atoms with Gasteiger partial charge in [0, 0.05) is 18.5 Å². The molecule has 6 nitrogen and oxygen atoms in total. The number of aromatic nitrogens is 1. The second-order valence-corrected chi connectivity index (χ2v) is 7.93. The third kappa shape index (κ3) is 4.37. The minimum Gasteiger partial charge on any atom is -0.496 e. The van der Waals surface area contributed by atoms with E-state index in [0.717, 1.165) is 16.8 Å². The number of oxazole rings is 1. The maximum atomic E-state index is 12.5. The number of benzene rings is 2. The van der Waals surface area contributed by atoms with E-state index >= 15 is 0 Å². The topological polar surface area (TPSA) is 81.4 Å². The summed E-state index contributed by atoms with van der Waals surface area (Å²) in [4.78, 5) is 4.70. The van der Waals surface area contributed by atoms with Crippen molar-refractivity contribution in [2.75, 3.05) is 13.7 Å². The fourth-order valence-electron chi connectivity index (χ4n) is 2.77. The van der Waals surface area contributed by atoms with Crippen LogP contribution < -0.4 is 9.46 Å².